The van der Waals surface area contributed by atoms with Gasteiger partial charge in [0, 0.05) is 24.2 Å². The fourth-order valence-corrected chi connectivity index (χ4v) is 2.37. The van der Waals surface area contributed by atoms with E-state index in [1.54, 1.807) is 12.1 Å². The molecule has 0 aromatic heterocycles. The molecule has 0 radical (unpaired) electrons. The fraction of sp³-hybridized carbons (Fsp3) is 0.571. The molecule has 0 amide bonds. The lowest BCUT2D eigenvalue weighted by atomic mass is 9.92. The van der Waals surface area contributed by atoms with Crippen LogP contribution in [0.15, 0.2) is 24.3 Å². The minimum Gasteiger partial charge on any atom is -0.328 e. The highest BCUT2D eigenvalue weighted by Crippen LogP contribution is 2.20. The topological polar surface area (TPSA) is 38.0 Å². The second kappa shape index (κ2) is 6.25. The highest BCUT2D eigenvalue weighted by atomic mass is 19.3. The predicted octanol–water partition coefficient (Wildman–Crippen LogP) is 2.98. The van der Waals surface area contributed by atoms with Gasteiger partial charge in [0.1, 0.15) is 0 Å². The normalized spacial score (nSPS) is 24.4. The van der Waals surface area contributed by atoms with E-state index in [1.165, 1.54) is 12.1 Å². The van der Waals surface area contributed by atoms with Gasteiger partial charge in [-0.3, -0.25) is 0 Å². The summed E-state index contributed by atoms with van der Waals surface area (Å²) < 4.78 is 24.8. The van der Waals surface area contributed by atoms with E-state index in [0.29, 0.717) is 12.1 Å². The van der Waals surface area contributed by atoms with E-state index >= 15 is 0 Å². The van der Waals surface area contributed by atoms with Crippen LogP contribution in [0.3, 0.4) is 0 Å². The molecule has 18 heavy (non-hydrogen) atoms. The maximum absolute atomic E-state index is 12.4. The summed E-state index contributed by atoms with van der Waals surface area (Å²) in [5.74, 6) is 0. The molecule has 1 aliphatic rings. The van der Waals surface area contributed by atoms with Crippen molar-refractivity contribution in [3.8, 4) is 0 Å². The molecule has 100 valence electrons. The smallest absolute Gasteiger partial charge is 0.263 e. The molecule has 0 bridgehead atoms. The van der Waals surface area contributed by atoms with Crippen LogP contribution in [0.5, 0.6) is 0 Å². The minimum absolute atomic E-state index is 0.0855. The molecular formula is C14H20F2N2. The van der Waals surface area contributed by atoms with E-state index in [-0.39, 0.29) is 5.56 Å². The van der Waals surface area contributed by atoms with Gasteiger partial charge in [-0.1, -0.05) is 24.3 Å². The average Bonchev–Trinajstić information content (AvgIpc) is 2.38. The van der Waals surface area contributed by atoms with Gasteiger partial charge >= 0.3 is 0 Å². The van der Waals surface area contributed by atoms with Crippen LogP contribution in [0.25, 0.3) is 0 Å². The number of hydrogen-bond acceptors (Lipinski definition) is 2. The summed E-state index contributed by atoms with van der Waals surface area (Å²) in [6, 6.07) is 7.40. The van der Waals surface area contributed by atoms with E-state index < -0.39 is 6.43 Å². The van der Waals surface area contributed by atoms with Crippen molar-refractivity contribution >= 4 is 0 Å². The maximum Gasteiger partial charge on any atom is 0.263 e. The molecule has 0 atom stereocenters. The Morgan fingerprint density at radius 2 is 1.72 bits per heavy atom. The Bertz CT molecular complexity index is 357. The van der Waals surface area contributed by atoms with Crippen LogP contribution in [-0.2, 0) is 6.54 Å². The van der Waals surface area contributed by atoms with Crippen LogP contribution in [-0.4, -0.2) is 12.1 Å². The van der Waals surface area contributed by atoms with Crippen LogP contribution in [0.4, 0.5) is 8.78 Å². The zero-order valence-electron chi connectivity index (χ0n) is 10.4. The van der Waals surface area contributed by atoms with Crippen LogP contribution >= 0.6 is 0 Å². The van der Waals surface area contributed by atoms with Gasteiger partial charge in [-0.25, -0.2) is 8.78 Å². The van der Waals surface area contributed by atoms with Crippen LogP contribution in [0.1, 0.15) is 43.2 Å². The Morgan fingerprint density at radius 1 is 1.11 bits per heavy atom. The summed E-state index contributed by atoms with van der Waals surface area (Å²) in [4.78, 5) is 0. The molecule has 4 heteroatoms. The number of benzene rings is 1. The van der Waals surface area contributed by atoms with Crippen molar-refractivity contribution in [3.05, 3.63) is 35.4 Å². The van der Waals surface area contributed by atoms with Crippen molar-refractivity contribution < 1.29 is 8.78 Å². The molecule has 3 N–H and O–H groups in total. The van der Waals surface area contributed by atoms with Crippen molar-refractivity contribution in [1.29, 1.82) is 0 Å². The molecule has 1 saturated carbocycles. The molecule has 0 heterocycles. The fourth-order valence-electron chi connectivity index (χ4n) is 2.37. The standard InChI is InChI=1S/C14H20F2N2/c15-14(16)11-3-1-10(2-4-11)9-18-13-7-5-12(17)6-8-13/h1-4,12-14,18H,5-9,17H2. The second-order valence-corrected chi connectivity index (χ2v) is 5.03. The van der Waals surface area contributed by atoms with Gasteiger partial charge in [-0.2, -0.15) is 0 Å². The summed E-state index contributed by atoms with van der Waals surface area (Å²) in [5.41, 5.74) is 6.99. The first-order valence-corrected chi connectivity index (χ1v) is 6.51. The Balaban J connectivity index is 1.79. The lowest BCUT2D eigenvalue weighted by Gasteiger charge is -2.27. The second-order valence-electron chi connectivity index (χ2n) is 5.03. The van der Waals surface area contributed by atoms with Crippen molar-refractivity contribution in [2.75, 3.05) is 0 Å². The average molecular weight is 254 g/mol. The summed E-state index contributed by atoms with van der Waals surface area (Å²) in [6.07, 6.45) is 1.98. The number of nitrogens with two attached hydrogens (primary N) is 1. The molecule has 1 aromatic carbocycles. The van der Waals surface area contributed by atoms with E-state index in [0.717, 1.165) is 37.8 Å². The molecule has 1 aromatic rings. The van der Waals surface area contributed by atoms with Gasteiger partial charge in [0.25, 0.3) is 6.43 Å². The van der Waals surface area contributed by atoms with Crippen molar-refractivity contribution in [2.24, 2.45) is 5.73 Å². The number of hydrogen-bond donors (Lipinski definition) is 2. The monoisotopic (exact) mass is 254 g/mol. The molecule has 0 unspecified atom stereocenters. The first kappa shape index (κ1) is 13.4. The number of nitrogens with one attached hydrogen (secondary N) is 1. The van der Waals surface area contributed by atoms with Gasteiger partial charge < -0.3 is 11.1 Å². The van der Waals surface area contributed by atoms with Crippen LogP contribution in [0, 0.1) is 0 Å². The van der Waals surface area contributed by atoms with Gasteiger partial charge in [0.05, 0.1) is 0 Å². The maximum atomic E-state index is 12.4. The number of alkyl halides is 2. The van der Waals surface area contributed by atoms with Gasteiger partial charge in [0.15, 0.2) is 0 Å². The largest absolute Gasteiger partial charge is 0.328 e. The van der Waals surface area contributed by atoms with E-state index in [2.05, 4.69) is 5.32 Å². The molecule has 2 rings (SSSR count). The van der Waals surface area contributed by atoms with Crippen LogP contribution in [0.2, 0.25) is 0 Å². The molecular weight excluding hydrogens is 234 g/mol. The van der Waals surface area contributed by atoms with Gasteiger partial charge in [-0.05, 0) is 31.2 Å². The summed E-state index contributed by atoms with van der Waals surface area (Å²) in [6.45, 7) is 0.740. The van der Waals surface area contributed by atoms with Crippen molar-refractivity contribution in [2.45, 2.75) is 50.7 Å². The summed E-state index contributed by atoms with van der Waals surface area (Å²) in [7, 11) is 0. The quantitative estimate of drug-likeness (QED) is 0.867. The predicted molar refractivity (Wildman–Crippen MR) is 68.5 cm³/mol. The third kappa shape index (κ3) is 3.75. The molecule has 1 fully saturated rings. The SMILES string of the molecule is NC1CCC(NCc2ccc(C(F)F)cc2)CC1. The van der Waals surface area contributed by atoms with Crippen molar-refractivity contribution in [3.63, 3.8) is 0 Å². The minimum atomic E-state index is -2.38. The summed E-state index contributed by atoms with van der Waals surface area (Å²) in [5, 5.41) is 3.46. The number of rotatable bonds is 4. The Labute approximate surface area is 107 Å². The van der Waals surface area contributed by atoms with E-state index in [4.69, 9.17) is 5.73 Å². The molecule has 1 aliphatic carbocycles. The first-order chi connectivity index (χ1) is 8.65. The molecule has 2 nitrogen and oxygen atoms in total. The number of halogens is 2. The third-order valence-corrected chi connectivity index (χ3v) is 3.60. The zero-order chi connectivity index (χ0) is 13.0. The third-order valence-electron chi connectivity index (χ3n) is 3.60. The highest BCUT2D eigenvalue weighted by molar-refractivity contribution is 5.23. The zero-order valence-corrected chi connectivity index (χ0v) is 10.4. The Morgan fingerprint density at radius 3 is 2.28 bits per heavy atom. The molecule has 0 spiro atoms. The van der Waals surface area contributed by atoms with E-state index in [1.807, 2.05) is 0 Å². The molecule has 0 aliphatic heterocycles. The Kier molecular flexibility index (Phi) is 4.66. The van der Waals surface area contributed by atoms with E-state index in [9.17, 15) is 8.78 Å². The molecule has 0 saturated heterocycles. The van der Waals surface area contributed by atoms with Gasteiger partial charge in [-0.15, -0.1) is 0 Å². The lowest BCUT2D eigenvalue weighted by molar-refractivity contribution is 0.151. The Hall–Kier alpha value is -1.00. The lowest BCUT2D eigenvalue weighted by Crippen LogP contribution is -2.37. The highest BCUT2D eigenvalue weighted by Gasteiger charge is 2.17. The summed E-state index contributed by atoms with van der Waals surface area (Å²) >= 11 is 0. The van der Waals surface area contributed by atoms with Gasteiger partial charge in [0.2, 0.25) is 0 Å². The van der Waals surface area contributed by atoms with Crippen LogP contribution < -0.4 is 11.1 Å². The first-order valence-electron chi connectivity index (χ1n) is 6.51. The van der Waals surface area contributed by atoms with Crippen molar-refractivity contribution in [1.82, 2.24) is 5.32 Å².